The Kier molecular flexibility index (Phi) is 6.02. The number of ether oxygens (including phenoxy) is 2. The number of hydrogen-bond donors (Lipinski definition) is 1. The number of rotatable bonds is 6. The molecule has 0 saturated carbocycles. The van der Waals surface area contributed by atoms with Gasteiger partial charge in [0.15, 0.2) is 0 Å². The number of carbonyl (C=O) groups is 1. The fourth-order valence-corrected chi connectivity index (χ4v) is 3.90. The van der Waals surface area contributed by atoms with Gasteiger partial charge >= 0.3 is 6.03 Å². The van der Waals surface area contributed by atoms with Crippen LogP contribution in [0.15, 0.2) is 59.1 Å². The van der Waals surface area contributed by atoms with Gasteiger partial charge in [-0.1, -0.05) is 35.5 Å². The molecule has 32 heavy (non-hydrogen) atoms. The molecule has 3 aromatic rings. The zero-order chi connectivity index (χ0) is 21.8. The molecule has 1 N–H and O–H groups in total. The molecular weight excluding hydrogens is 408 g/mol. The summed E-state index contributed by atoms with van der Waals surface area (Å²) in [7, 11) is 0. The molecule has 0 atom stereocenters. The Morgan fingerprint density at radius 3 is 2.56 bits per heavy atom. The van der Waals surface area contributed by atoms with Crippen molar-refractivity contribution in [3.63, 3.8) is 0 Å². The standard InChI is InChI=1S/C24H26N4O4/c29-24(25-14-17-4-2-1-3-5-17)28-15-21(16-28)31-20-8-6-18(7-9-20)22-26-23(32-27-22)19-10-12-30-13-11-19/h1-9,19,21H,10-16H2,(H,25,29). The largest absolute Gasteiger partial charge is 0.487 e. The third kappa shape index (κ3) is 4.75. The molecule has 2 amide bonds. The average Bonchev–Trinajstić information content (AvgIpc) is 3.32. The average molecular weight is 434 g/mol. The fraction of sp³-hybridized carbons (Fsp3) is 0.375. The minimum atomic E-state index is -0.0681. The van der Waals surface area contributed by atoms with Crippen LogP contribution >= 0.6 is 0 Å². The van der Waals surface area contributed by atoms with Crippen LogP contribution < -0.4 is 10.1 Å². The van der Waals surface area contributed by atoms with E-state index in [0.717, 1.165) is 42.9 Å². The molecule has 0 aliphatic carbocycles. The third-order valence-electron chi connectivity index (χ3n) is 5.85. The fourth-order valence-electron chi connectivity index (χ4n) is 3.90. The summed E-state index contributed by atoms with van der Waals surface area (Å²) in [4.78, 5) is 18.6. The van der Waals surface area contributed by atoms with E-state index >= 15 is 0 Å². The molecule has 2 aliphatic rings. The Labute approximate surface area is 186 Å². The first kappa shape index (κ1) is 20.5. The van der Waals surface area contributed by atoms with Crippen LogP contribution in [0.25, 0.3) is 11.4 Å². The van der Waals surface area contributed by atoms with Gasteiger partial charge in [-0.05, 0) is 42.7 Å². The molecule has 8 heteroatoms. The van der Waals surface area contributed by atoms with Gasteiger partial charge in [0, 0.05) is 31.2 Å². The molecule has 2 fully saturated rings. The number of carbonyl (C=O) groups excluding carboxylic acids is 1. The quantitative estimate of drug-likeness (QED) is 0.638. The van der Waals surface area contributed by atoms with Crippen molar-refractivity contribution in [1.29, 1.82) is 0 Å². The summed E-state index contributed by atoms with van der Waals surface area (Å²) in [6.07, 6.45) is 1.82. The van der Waals surface area contributed by atoms with Crippen molar-refractivity contribution in [2.75, 3.05) is 26.3 Å². The van der Waals surface area contributed by atoms with Gasteiger partial charge in [-0.25, -0.2) is 4.79 Å². The Bertz CT molecular complexity index is 1030. The molecule has 2 aliphatic heterocycles. The van der Waals surface area contributed by atoms with Crippen LogP contribution in [-0.2, 0) is 11.3 Å². The minimum Gasteiger partial charge on any atom is -0.487 e. The Hall–Kier alpha value is -3.39. The molecule has 0 bridgehead atoms. The van der Waals surface area contributed by atoms with Crippen molar-refractivity contribution in [1.82, 2.24) is 20.4 Å². The molecule has 8 nitrogen and oxygen atoms in total. The molecule has 1 aromatic heterocycles. The highest BCUT2D eigenvalue weighted by molar-refractivity contribution is 5.75. The lowest BCUT2D eigenvalue weighted by molar-refractivity contribution is 0.0443. The minimum absolute atomic E-state index is 0.00590. The van der Waals surface area contributed by atoms with Crippen molar-refractivity contribution < 1.29 is 18.8 Å². The van der Waals surface area contributed by atoms with E-state index in [-0.39, 0.29) is 18.1 Å². The van der Waals surface area contributed by atoms with Crippen LogP contribution in [0.2, 0.25) is 0 Å². The lowest BCUT2D eigenvalue weighted by Crippen LogP contribution is -2.58. The smallest absolute Gasteiger partial charge is 0.317 e. The van der Waals surface area contributed by atoms with Crippen LogP contribution in [0.4, 0.5) is 4.79 Å². The van der Waals surface area contributed by atoms with Gasteiger partial charge in [-0.3, -0.25) is 0 Å². The van der Waals surface area contributed by atoms with Crippen LogP contribution in [0, 0.1) is 0 Å². The zero-order valence-electron chi connectivity index (χ0n) is 17.8. The van der Waals surface area contributed by atoms with Crippen LogP contribution in [-0.4, -0.2) is 53.5 Å². The van der Waals surface area contributed by atoms with Crippen LogP contribution in [0.3, 0.4) is 0 Å². The van der Waals surface area contributed by atoms with Crippen molar-refractivity contribution in [2.45, 2.75) is 31.4 Å². The number of benzene rings is 2. The SMILES string of the molecule is O=C(NCc1ccccc1)N1CC(Oc2ccc(-c3noc(C4CCOCC4)n3)cc2)C1. The summed E-state index contributed by atoms with van der Waals surface area (Å²) in [6.45, 7) is 3.14. The molecule has 5 rings (SSSR count). The maximum absolute atomic E-state index is 12.2. The van der Waals surface area contributed by atoms with Crippen molar-refractivity contribution in [2.24, 2.45) is 0 Å². The van der Waals surface area contributed by atoms with Gasteiger partial charge in [0.1, 0.15) is 11.9 Å². The van der Waals surface area contributed by atoms with E-state index in [1.54, 1.807) is 4.90 Å². The number of hydrogen-bond acceptors (Lipinski definition) is 6. The van der Waals surface area contributed by atoms with E-state index < -0.39 is 0 Å². The first-order valence-corrected chi connectivity index (χ1v) is 11.0. The topological polar surface area (TPSA) is 89.7 Å². The summed E-state index contributed by atoms with van der Waals surface area (Å²) in [5, 5.41) is 7.07. The Balaban J connectivity index is 1.09. The van der Waals surface area contributed by atoms with Crippen LogP contribution in [0.5, 0.6) is 5.75 Å². The first-order valence-electron chi connectivity index (χ1n) is 11.0. The number of amides is 2. The van der Waals surface area contributed by atoms with E-state index in [9.17, 15) is 4.79 Å². The second-order valence-corrected chi connectivity index (χ2v) is 8.16. The third-order valence-corrected chi connectivity index (χ3v) is 5.85. The highest BCUT2D eigenvalue weighted by Gasteiger charge is 2.32. The van der Waals surface area contributed by atoms with Crippen molar-refractivity contribution in [3.8, 4) is 17.1 Å². The lowest BCUT2D eigenvalue weighted by Gasteiger charge is -2.38. The van der Waals surface area contributed by atoms with Gasteiger partial charge < -0.3 is 24.2 Å². The predicted molar refractivity (Wildman–Crippen MR) is 117 cm³/mol. The maximum atomic E-state index is 12.2. The molecule has 0 spiro atoms. The summed E-state index contributed by atoms with van der Waals surface area (Å²) in [6, 6.07) is 17.5. The van der Waals surface area contributed by atoms with Gasteiger partial charge in [-0.15, -0.1) is 0 Å². The number of nitrogens with zero attached hydrogens (tertiary/aromatic N) is 3. The molecule has 0 unspecified atom stereocenters. The number of nitrogens with one attached hydrogen (secondary N) is 1. The van der Waals surface area contributed by atoms with Crippen molar-refractivity contribution >= 4 is 6.03 Å². The highest BCUT2D eigenvalue weighted by Crippen LogP contribution is 2.28. The highest BCUT2D eigenvalue weighted by atomic mass is 16.5. The maximum Gasteiger partial charge on any atom is 0.317 e. The van der Waals surface area contributed by atoms with Gasteiger partial charge in [0.25, 0.3) is 0 Å². The van der Waals surface area contributed by atoms with E-state index in [0.29, 0.717) is 31.3 Å². The first-order chi connectivity index (χ1) is 15.7. The van der Waals surface area contributed by atoms with E-state index in [1.807, 2.05) is 54.6 Å². The molecule has 0 radical (unpaired) electrons. The van der Waals surface area contributed by atoms with Gasteiger partial charge in [0.2, 0.25) is 11.7 Å². The number of urea groups is 1. The van der Waals surface area contributed by atoms with E-state index in [4.69, 9.17) is 14.0 Å². The molecule has 166 valence electrons. The van der Waals surface area contributed by atoms with Gasteiger partial charge in [0.05, 0.1) is 13.1 Å². The second-order valence-electron chi connectivity index (χ2n) is 8.16. The Morgan fingerprint density at radius 1 is 1.06 bits per heavy atom. The summed E-state index contributed by atoms with van der Waals surface area (Å²) >= 11 is 0. The summed E-state index contributed by atoms with van der Waals surface area (Å²) in [5.41, 5.74) is 1.96. The Morgan fingerprint density at radius 2 is 1.81 bits per heavy atom. The van der Waals surface area contributed by atoms with E-state index in [1.165, 1.54) is 0 Å². The number of likely N-dealkylation sites (tertiary alicyclic amines) is 1. The molecule has 2 saturated heterocycles. The van der Waals surface area contributed by atoms with Crippen molar-refractivity contribution in [3.05, 3.63) is 66.1 Å². The monoisotopic (exact) mass is 434 g/mol. The van der Waals surface area contributed by atoms with Gasteiger partial charge in [-0.2, -0.15) is 4.98 Å². The van der Waals surface area contributed by atoms with Crippen LogP contribution in [0.1, 0.15) is 30.2 Å². The summed E-state index contributed by atoms with van der Waals surface area (Å²) in [5.74, 6) is 2.31. The normalized spacial score (nSPS) is 17.1. The summed E-state index contributed by atoms with van der Waals surface area (Å²) < 4.78 is 16.8. The molecule has 2 aromatic carbocycles. The van der Waals surface area contributed by atoms with E-state index in [2.05, 4.69) is 15.5 Å². The molecule has 3 heterocycles. The zero-order valence-corrected chi connectivity index (χ0v) is 17.8. The number of aromatic nitrogens is 2. The second kappa shape index (κ2) is 9.40. The lowest BCUT2D eigenvalue weighted by atomic mass is 10.0. The molecular formula is C24H26N4O4. The predicted octanol–water partition coefficient (Wildman–Crippen LogP) is 3.60.